The molecule has 0 aliphatic carbocycles. The van der Waals surface area contributed by atoms with Crippen LogP contribution in [0.3, 0.4) is 0 Å². The summed E-state index contributed by atoms with van der Waals surface area (Å²) in [5, 5.41) is 33.2. The molecule has 0 aromatic rings. The molecular weight excluding hydrogens is 326 g/mol. The molecule has 0 amide bonds. The number of aliphatic hydroxyl groups is 4. The van der Waals surface area contributed by atoms with Crippen molar-refractivity contribution in [1.29, 1.82) is 0 Å². The Labute approximate surface area is 113 Å². The van der Waals surface area contributed by atoms with Gasteiger partial charge in [0.15, 0.2) is 0 Å². The minimum atomic E-state index is -4.57. The SMILES string of the molecule is O=P(O)(O)OC(CO)CO.O=P(O)(O)OCC(O)CO. The van der Waals surface area contributed by atoms with Gasteiger partial charge in [0.05, 0.1) is 26.4 Å². The standard InChI is InChI=1S/2C3H9O6P/c4-1-3(5)2-9-10(6,7)8;4-1-3(2-5)9-10(6,7)8/h2*3-5H,1-2H2,(H2,6,7,8). The molecule has 1 unspecified atom stereocenters. The van der Waals surface area contributed by atoms with Gasteiger partial charge in [-0.15, -0.1) is 0 Å². The molecule has 0 fully saturated rings. The lowest BCUT2D eigenvalue weighted by Gasteiger charge is -2.11. The molecule has 20 heavy (non-hydrogen) atoms. The van der Waals surface area contributed by atoms with Crippen molar-refractivity contribution in [2.75, 3.05) is 26.4 Å². The van der Waals surface area contributed by atoms with Crippen LogP contribution in [-0.4, -0.2) is 78.6 Å². The van der Waals surface area contributed by atoms with Gasteiger partial charge in [-0.05, 0) is 0 Å². The van der Waals surface area contributed by atoms with Crippen molar-refractivity contribution in [3.63, 3.8) is 0 Å². The third-order valence-corrected chi connectivity index (χ3v) is 2.40. The second-order valence-corrected chi connectivity index (χ2v) is 5.64. The van der Waals surface area contributed by atoms with Crippen LogP contribution in [0.4, 0.5) is 0 Å². The van der Waals surface area contributed by atoms with Gasteiger partial charge in [0.1, 0.15) is 12.2 Å². The number of rotatable bonds is 8. The topological polar surface area (TPSA) is 214 Å². The van der Waals surface area contributed by atoms with Crippen molar-refractivity contribution in [2.45, 2.75) is 12.2 Å². The number of phosphoric acid groups is 2. The Morgan fingerprint density at radius 1 is 0.850 bits per heavy atom. The molecule has 0 radical (unpaired) electrons. The molecule has 0 saturated carbocycles. The molecule has 124 valence electrons. The zero-order valence-corrected chi connectivity index (χ0v) is 11.9. The van der Waals surface area contributed by atoms with Crippen LogP contribution in [0.25, 0.3) is 0 Å². The summed E-state index contributed by atoms with van der Waals surface area (Å²) >= 11 is 0. The lowest BCUT2D eigenvalue weighted by atomic mass is 10.4. The van der Waals surface area contributed by atoms with Crippen molar-refractivity contribution >= 4 is 15.6 Å². The number of phosphoric ester groups is 2. The third kappa shape index (κ3) is 18.1. The Morgan fingerprint density at radius 2 is 1.30 bits per heavy atom. The molecule has 0 spiro atoms. The van der Waals surface area contributed by atoms with E-state index in [4.69, 9.17) is 40.0 Å². The maximum Gasteiger partial charge on any atom is 0.470 e. The van der Waals surface area contributed by atoms with Gasteiger partial charge < -0.3 is 40.0 Å². The van der Waals surface area contributed by atoms with Crippen molar-refractivity contribution < 1.29 is 58.2 Å². The second-order valence-electron chi connectivity index (χ2n) is 3.21. The van der Waals surface area contributed by atoms with E-state index in [1.165, 1.54) is 0 Å². The average Bonchev–Trinajstić information content (AvgIpc) is 2.31. The van der Waals surface area contributed by atoms with Gasteiger partial charge in [-0.25, -0.2) is 9.13 Å². The van der Waals surface area contributed by atoms with Crippen LogP contribution in [-0.2, 0) is 18.2 Å². The third-order valence-electron chi connectivity index (χ3n) is 1.34. The highest BCUT2D eigenvalue weighted by atomic mass is 31.2. The summed E-state index contributed by atoms with van der Waals surface area (Å²) in [6.07, 6.45) is -2.45. The molecule has 0 aliphatic heterocycles. The first-order valence-electron chi connectivity index (χ1n) is 4.89. The van der Waals surface area contributed by atoms with Crippen molar-refractivity contribution in [3.8, 4) is 0 Å². The van der Waals surface area contributed by atoms with E-state index in [0.29, 0.717) is 0 Å². The predicted octanol–water partition coefficient (Wildman–Crippen LogP) is -3.10. The van der Waals surface area contributed by atoms with E-state index in [9.17, 15) is 9.13 Å². The smallest absolute Gasteiger partial charge is 0.394 e. The molecule has 1 atom stereocenters. The van der Waals surface area contributed by atoms with Crippen LogP contribution in [0.2, 0.25) is 0 Å². The molecule has 0 rings (SSSR count). The van der Waals surface area contributed by atoms with Crippen LogP contribution in [0, 0.1) is 0 Å². The first-order chi connectivity index (χ1) is 8.95. The van der Waals surface area contributed by atoms with Crippen molar-refractivity contribution in [1.82, 2.24) is 0 Å². The Hall–Kier alpha value is 0.0600. The van der Waals surface area contributed by atoms with E-state index in [1.54, 1.807) is 0 Å². The number of hydrogen-bond acceptors (Lipinski definition) is 8. The van der Waals surface area contributed by atoms with Crippen molar-refractivity contribution in [3.05, 3.63) is 0 Å². The van der Waals surface area contributed by atoms with Gasteiger partial charge in [0.2, 0.25) is 0 Å². The van der Waals surface area contributed by atoms with E-state index < -0.39 is 54.3 Å². The molecule has 8 N–H and O–H groups in total. The zero-order chi connectivity index (χ0) is 16.4. The highest BCUT2D eigenvalue weighted by molar-refractivity contribution is 7.46. The van der Waals surface area contributed by atoms with E-state index in [-0.39, 0.29) is 0 Å². The van der Waals surface area contributed by atoms with E-state index in [1.807, 2.05) is 0 Å². The van der Waals surface area contributed by atoms with E-state index in [0.717, 1.165) is 0 Å². The zero-order valence-electron chi connectivity index (χ0n) is 10.1. The molecule has 12 nitrogen and oxygen atoms in total. The lowest BCUT2D eigenvalue weighted by molar-refractivity contribution is 0.0391. The summed E-state index contributed by atoms with van der Waals surface area (Å²) in [5.74, 6) is 0. The first kappa shape index (κ1) is 22.3. The van der Waals surface area contributed by atoms with Crippen LogP contribution in [0.15, 0.2) is 0 Å². The maximum atomic E-state index is 10.0. The fourth-order valence-electron chi connectivity index (χ4n) is 0.554. The minimum Gasteiger partial charge on any atom is -0.394 e. The molecule has 0 aromatic carbocycles. The Balaban J connectivity index is 0. The summed E-state index contributed by atoms with van der Waals surface area (Å²) in [4.78, 5) is 32.4. The first-order valence-corrected chi connectivity index (χ1v) is 7.96. The summed E-state index contributed by atoms with van der Waals surface area (Å²) in [6.45, 7) is -2.40. The summed E-state index contributed by atoms with van der Waals surface area (Å²) in [7, 11) is -9.08. The predicted molar refractivity (Wildman–Crippen MR) is 62.2 cm³/mol. The Kier molecular flexibility index (Phi) is 12.0. The number of aliphatic hydroxyl groups excluding tert-OH is 4. The van der Waals surface area contributed by atoms with E-state index in [2.05, 4.69) is 9.05 Å². The highest BCUT2D eigenvalue weighted by Crippen LogP contribution is 2.37. The summed E-state index contributed by atoms with van der Waals surface area (Å²) in [6, 6.07) is 0. The fraction of sp³-hybridized carbons (Fsp3) is 1.00. The Morgan fingerprint density at radius 3 is 1.50 bits per heavy atom. The molecule has 0 aromatic heterocycles. The fourth-order valence-corrected chi connectivity index (χ4v) is 1.44. The molecule has 0 saturated heterocycles. The number of hydrogen-bond donors (Lipinski definition) is 8. The van der Waals surface area contributed by atoms with Gasteiger partial charge >= 0.3 is 15.6 Å². The summed E-state index contributed by atoms with van der Waals surface area (Å²) in [5.41, 5.74) is 0. The van der Waals surface area contributed by atoms with Crippen LogP contribution in [0.1, 0.15) is 0 Å². The molecule has 14 heteroatoms. The van der Waals surface area contributed by atoms with Crippen LogP contribution in [0.5, 0.6) is 0 Å². The Bertz CT molecular complexity index is 318. The largest absolute Gasteiger partial charge is 0.470 e. The molecule has 0 bridgehead atoms. The van der Waals surface area contributed by atoms with Gasteiger partial charge in [-0.3, -0.25) is 9.05 Å². The molecular formula is C6H18O12P2. The van der Waals surface area contributed by atoms with E-state index >= 15 is 0 Å². The van der Waals surface area contributed by atoms with Gasteiger partial charge in [-0.1, -0.05) is 0 Å². The normalized spacial score (nSPS) is 13.8. The van der Waals surface area contributed by atoms with Crippen LogP contribution < -0.4 is 0 Å². The van der Waals surface area contributed by atoms with Gasteiger partial charge in [0.25, 0.3) is 0 Å². The van der Waals surface area contributed by atoms with Crippen LogP contribution >= 0.6 is 15.6 Å². The highest BCUT2D eigenvalue weighted by Gasteiger charge is 2.20. The minimum absolute atomic E-state index is 0.569. The lowest BCUT2D eigenvalue weighted by Crippen LogP contribution is -2.20. The second kappa shape index (κ2) is 10.7. The summed E-state index contributed by atoms with van der Waals surface area (Å²) < 4.78 is 27.7. The van der Waals surface area contributed by atoms with Gasteiger partial charge in [0, 0.05) is 0 Å². The monoisotopic (exact) mass is 344 g/mol. The quantitative estimate of drug-likeness (QED) is 0.205. The maximum absolute atomic E-state index is 10.0. The van der Waals surface area contributed by atoms with Crippen molar-refractivity contribution in [2.24, 2.45) is 0 Å². The average molecular weight is 344 g/mol. The molecule has 0 aliphatic rings. The van der Waals surface area contributed by atoms with Gasteiger partial charge in [-0.2, -0.15) is 0 Å². The molecule has 0 heterocycles.